The molecule has 31 heavy (non-hydrogen) atoms. The normalized spacial score (nSPS) is 11.1. The molecule has 0 saturated heterocycles. The Morgan fingerprint density at radius 2 is 1.71 bits per heavy atom. The highest BCUT2D eigenvalue weighted by Crippen LogP contribution is 2.34. The van der Waals surface area contributed by atoms with Gasteiger partial charge in [0, 0.05) is 24.7 Å². The first kappa shape index (κ1) is 21.0. The average molecular weight is 457 g/mol. The van der Waals surface area contributed by atoms with Gasteiger partial charge in [0.25, 0.3) is 5.56 Å². The van der Waals surface area contributed by atoms with Crippen LogP contribution in [0.4, 0.5) is 0 Å². The van der Waals surface area contributed by atoms with Crippen LogP contribution >= 0.6 is 23.2 Å². The number of benzene rings is 2. The van der Waals surface area contributed by atoms with Crippen LogP contribution in [0.2, 0.25) is 10.0 Å². The second kappa shape index (κ2) is 8.09. The summed E-state index contributed by atoms with van der Waals surface area (Å²) in [6.07, 6.45) is 1.68. The first-order valence-electron chi connectivity index (χ1n) is 9.38. The van der Waals surface area contributed by atoms with Crippen molar-refractivity contribution >= 4 is 40.0 Å². The number of hydrogen-bond donors (Lipinski definition) is 1. The Kier molecular flexibility index (Phi) is 5.47. The Labute approximate surface area is 187 Å². The van der Waals surface area contributed by atoms with Gasteiger partial charge in [-0.2, -0.15) is 0 Å². The van der Waals surface area contributed by atoms with E-state index >= 15 is 0 Å². The van der Waals surface area contributed by atoms with E-state index in [4.69, 9.17) is 23.2 Å². The molecule has 4 rings (SSSR count). The Morgan fingerprint density at radius 3 is 2.39 bits per heavy atom. The van der Waals surface area contributed by atoms with Crippen molar-refractivity contribution in [1.29, 1.82) is 0 Å². The molecule has 0 unspecified atom stereocenters. The van der Waals surface area contributed by atoms with E-state index in [9.17, 15) is 14.4 Å². The maximum Gasteiger partial charge on any atom is 0.330 e. The Hall–Kier alpha value is -3.29. The van der Waals surface area contributed by atoms with Crippen molar-refractivity contribution in [3.8, 4) is 11.3 Å². The summed E-state index contributed by atoms with van der Waals surface area (Å²) in [7, 11) is 2.97. The lowest BCUT2D eigenvalue weighted by Crippen LogP contribution is -2.36. The van der Waals surface area contributed by atoms with E-state index in [0.29, 0.717) is 26.8 Å². The van der Waals surface area contributed by atoms with Crippen molar-refractivity contribution in [3.05, 3.63) is 91.2 Å². The Morgan fingerprint density at radius 1 is 1.00 bits per heavy atom. The summed E-state index contributed by atoms with van der Waals surface area (Å²) < 4.78 is 3.81. The molecule has 0 bridgehead atoms. The molecule has 0 aliphatic heterocycles. The quantitative estimate of drug-likeness (QED) is 0.511. The minimum Gasteiger partial charge on any atom is -0.295 e. The topological polar surface area (TPSA) is 78.0 Å². The third-order valence-corrected chi connectivity index (χ3v) is 5.63. The smallest absolute Gasteiger partial charge is 0.295 e. The fourth-order valence-corrected chi connectivity index (χ4v) is 4.03. The standard InChI is InChI=1S/C22H18Cl2N4O3/c1-26-17-12-28(25-18(29)10-13-6-4-3-5-7-13)20(15-9-8-14(23)11-16(15)24)19(17)21(30)27(2)22(26)31/h3-9,11-12H,10H2,1-2H3,(H,25,29). The van der Waals surface area contributed by atoms with Crippen LogP contribution in [0.3, 0.4) is 0 Å². The maximum atomic E-state index is 13.0. The minimum atomic E-state index is -0.491. The van der Waals surface area contributed by atoms with Crippen molar-refractivity contribution in [2.45, 2.75) is 6.42 Å². The van der Waals surface area contributed by atoms with Gasteiger partial charge in [-0.15, -0.1) is 0 Å². The zero-order chi connectivity index (χ0) is 22.3. The summed E-state index contributed by atoms with van der Waals surface area (Å²) >= 11 is 12.5. The van der Waals surface area contributed by atoms with Crippen molar-refractivity contribution in [2.75, 3.05) is 5.43 Å². The first-order valence-corrected chi connectivity index (χ1v) is 10.1. The summed E-state index contributed by atoms with van der Waals surface area (Å²) in [4.78, 5) is 38.2. The molecule has 0 fully saturated rings. The van der Waals surface area contributed by atoms with Crippen LogP contribution in [0.1, 0.15) is 5.56 Å². The van der Waals surface area contributed by atoms with Gasteiger partial charge in [0.2, 0.25) is 5.91 Å². The number of aromatic nitrogens is 3. The lowest BCUT2D eigenvalue weighted by Gasteiger charge is -2.13. The number of aryl methyl sites for hydroxylation is 1. The van der Waals surface area contributed by atoms with E-state index < -0.39 is 11.2 Å². The molecular weight excluding hydrogens is 439 g/mol. The van der Waals surface area contributed by atoms with Crippen molar-refractivity contribution < 1.29 is 4.79 Å². The summed E-state index contributed by atoms with van der Waals surface area (Å²) in [6.45, 7) is 0. The van der Waals surface area contributed by atoms with Crippen molar-refractivity contribution in [3.63, 3.8) is 0 Å². The highest BCUT2D eigenvalue weighted by molar-refractivity contribution is 6.36. The molecule has 0 atom stereocenters. The third-order valence-electron chi connectivity index (χ3n) is 5.08. The highest BCUT2D eigenvalue weighted by atomic mass is 35.5. The second-order valence-electron chi connectivity index (χ2n) is 7.14. The van der Waals surface area contributed by atoms with E-state index in [1.54, 1.807) is 31.4 Å². The van der Waals surface area contributed by atoms with Crippen LogP contribution in [0, 0.1) is 0 Å². The SMILES string of the molecule is Cn1c(=O)c2c(-c3ccc(Cl)cc3Cl)n(NC(=O)Cc3ccccc3)cc2n(C)c1=O. The van der Waals surface area contributed by atoms with Gasteiger partial charge < -0.3 is 0 Å². The zero-order valence-electron chi connectivity index (χ0n) is 16.7. The van der Waals surface area contributed by atoms with Crippen LogP contribution in [0.15, 0.2) is 64.3 Å². The van der Waals surface area contributed by atoms with Crippen molar-refractivity contribution in [2.24, 2.45) is 14.1 Å². The molecule has 158 valence electrons. The Balaban J connectivity index is 1.93. The number of fused-ring (bicyclic) bond motifs is 1. The predicted octanol–water partition coefficient (Wildman–Crippen LogP) is 3.33. The van der Waals surface area contributed by atoms with Gasteiger partial charge in [0.15, 0.2) is 0 Å². The fraction of sp³-hybridized carbons (Fsp3) is 0.136. The van der Waals surface area contributed by atoms with E-state index in [1.807, 2.05) is 30.3 Å². The van der Waals surface area contributed by atoms with E-state index in [1.165, 1.54) is 16.3 Å². The number of hydrogen-bond acceptors (Lipinski definition) is 3. The molecular formula is C22H18Cl2N4O3. The average Bonchev–Trinajstić information content (AvgIpc) is 3.10. The van der Waals surface area contributed by atoms with Crippen LogP contribution in [-0.2, 0) is 25.3 Å². The zero-order valence-corrected chi connectivity index (χ0v) is 18.2. The van der Waals surface area contributed by atoms with Crippen LogP contribution in [0.5, 0.6) is 0 Å². The molecule has 1 amide bonds. The van der Waals surface area contributed by atoms with Crippen molar-refractivity contribution in [1.82, 2.24) is 13.8 Å². The van der Waals surface area contributed by atoms with Gasteiger partial charge in [-0.3, -0.25) is 28.8 Å². The molecule has 7 nitrogen and oxygen atoms in total. The number of rotatable bonds is 4. The molecule has 2 aromatic heterocycles. The molecule has 0 radical (unpaired) electrons. The lowest BCUT2D eigenvalue weighted by atomic mass is 10.1. The first-order chi connectivity index (χ1) is 14.8. The summed E-state index contributed by atoms with van der Waals surface area (Å²) in [5.74, 6) is -0.292. The van der Waals surface area contributed by atoms with Crippen LogP contribution < -0.4 is 16.7 Å². The third kappa shape index (κ3) is 3.78. The highest BCUT2D eigenvalue weighted by Gasteiger charge is 2.22. The monoisotopic (exact) mass is 456 g/mol. The van der Waals surface area contributed by atoms with Gasteiger partial charge >= 0.3 is 5.69 Å². The fourth-order valence-electron chi connectivity index (χ4n) is 3.53. The number of carbonyl (C=O) groups excluding carboxylic acids is 1. The predicted molar refractivity (Wildman–Crippen MR) is 122 cm³/mol. The molecule has 4 aromatic rings. The molecule has 0 spiro atoms. The van der Waals surface area contributed by atoms with E-state index in [-0.39, 0.29) is 17.7 Å². The molecule has 0 saturated carbocycles. The number of halogens is 2. The van der Waals surface area contributed by atoms with Crippen LogP contribution in [-0.4, -0.2) is 19.7 Å². The number of nitrogens with zero attached hydrogens (tertiary/aromatic N) is 3. The maximum absolute atomic E-state index is 13.0. The molecule has 1 N–H and O–H groups in total. The molecule has 0 aliphatic carbocycles. The minimum absolute atomic E-state index is 0.139. The number of carbonyl (C=O) groups is 1. The van der Waals surface area contributed by atoms with Gasteiger partial charge in [-0.05, 0) is 23.8 Å². The summed E-state index contributed by atoms with van der Waals surface area (Å²) in [6, 6.07) is 14.1. The molecule has 0 aliphatic rings. The summed E-state index contributed by atoms with van der Waals surface area (Å²) in [5, 5.41) is 1.00. The van der Waals surface area contributed by atoms with Gasteiger partial charge in [0.1, 0.15) is 0 Å². The molecule has 9 heteroatoms. The van der Waals surface area contributed by atoms with Gasteiger partial charge in [0.05, 0.1) is 34.2 Å². The largest absolute Gasteiger partial charge is 0.330 e. The molecule has 2 heterocycles. The summed E-state index contributed by atoms with van der Waals surface area (Å²) in [5.41, 5.74) is 3.92. The number of nitrogens with one attached hydrogen (secondary N) is 1. The van der Waals surface area contributed by atoms with Gasteiger partial charge in [-0.25, -0.2) is 4.79 Å². The van der Waals surface area contributed by atoms with Gasteiger partial charge in [-0.1, -0.05) is 53.5 Å². The van der Waals surface area contributed by atoms with E-state index in [0.717, 1.165) is 10.1 Å². The Bertz CT molecular complexity index is 1440. The second-order valence-corrected chi connectivity index (χ2v) is 7.98. The number of amides is 1. The van der Waals surface area contributed by atoms with E-state index in [2.05, 4.69) is 5.43 Å². The molecule has 2 aromatic carbocycles. The van der Waals surface area contributed by atoms with Crippen LogP contribution in [0.25, 0.3) is 22.2 Å². The lowest BCUT2D eigenvalue weighted by molar-refractivity contribution is -0.116.